The quantitative estimate of drug-likeness (QED) is 0.319. The number of hydrogen-bond acceptors (Lipinski definition) is 5. The van der Waals surface area contributed by atoms with E-state index >= 15 is 0 Å². The molecule has 0 saturated carbocycles. The summed E-state index contributed by atoms with van der Waals surface area (Å²) in [6, 6.07) is 12.7. The van der Waals surface area contributed by atoms with Gasteiger partial charge in [0.05, 0.1) is 16.6 Å². The molecule has 4 aromatic rings. The number of benzene rings is 2. The van der Waals surface area contributed by atoms with Gasteiger partial charge < -0.3 is 15.5 Å². The van der Waals surface area contributed by atoms with E-state index < -0.39 is 6.04 Å². The van der Waals surface area contributed by atoms with Crippen LogP contribution in [-0.4, -0.2) is 45.4 Å². The van der Waals surface area contributed by atoms with E-state index in [4.69, 9.17) is 0 Å². The first-order valence-electron chi connectivity index (χ1n) is 13.5. The molecule has 1 aliphatic carbocycles. The molecular weight excluding hydrogens is 510 g/mol. The van der Waals surface area contributed by atoms with Crippen molar-refractivity contribution in [2.45, 2.75) is 58.0 Å². The van der Waals surface area contributed by atoms with Gasteiger partial charge in [0.1, 0.15) is 6.04 Å². The minimum Gasteiger partial charge on any atom is -0.340 e. The lowest BCUT2D eigenvalue weighted by atomic mass is 10.0. The zero-order valence-corrected chi connectivity index (χ0v) is 22.9. The molecule has 0 saturated heterocycles. The number of rotatable bonds is 6. The topological polar surface area (TPSA) is 107 Å². The summed E-state index contributed by atoms with van der Waals surface area (Å²) in [5, 5.41) is 13.8. The summed E-state index contributed by atoms with van der Waals surface area (Å²) in [5.41, 5.74) is 5.82. The molecule has 0 bridgehead atoms. The molecule has 2 aliphatic rings. The van der Waals surface area contributed by atoms with E-state index in [2.05, 4.69) is 33.8 Å². The van der Waals surface area contributed by atoms with E-state index in [1.165, 1.54) is 22.5 Å². The predicted octanol–water partition coefficient (Wildman–Crippen LogP) is 5.02. The molecule has 2 atom stereocenters. The first kappa shape index (κ1) is 25.3. The van der Waals surface area contributed by atoms with Gasteiger partial charge in [0, 0.05) is 34.6 Å². The maximum Gasteiger partial charge on any atom is 0.265 e. The fourth-order valence-corrected chi connectivity index (χ4v) is 6.74. The molecule has 6 rings (SSSR count). The lowest BCUT2D eigenvalue weighted by Crippen LogP contribution is -2.49. The molecule has 3 amide bonds. The molecule has 8 nitrogen and oxygen atoms in total. The van der Waals surface area contributed by atoms with Gasteiger partial charge in [-0.2, -0.15) is 5.10 Å². The third-order valence-electron chi connectivity index (χ3n) is 7.93. The fraction of sp³-hybridized carbons (Fsp3) is 0.333. The molecule has 0 spiro atoms. The summed E-state index contributed by atoms with van der Waals surface area (Å²) < 4.78 is 0. The molecular formula is C30H31N5O3S. The summed E-state index contributed by atoms with van der Waals surface area (Å²) in [7, 11) is 0. The monoisotopic (exact) mass is 541 g/mol. The summed E-state index contributed by atoms with van der Waals surface area (Å²) >= 11 is 1.51. The standard InChI is InChI=1S/C30H31N5O3S/c1-3-23(32-28(36)18-8-10-24-19(13-18)15-31-34-24)30(38)35-12-11-26-20(16-35)14-27(39-26)29(37)33-25-6-4-5-21-17(2)7-9-22(21)25/h4-6,8,10,13-15,17,23H,3,7,9,11-12,16H2,1-2H3,(H,31,34)(H,32,36)(H,33,37)/t17?,23-/m1/s1. The normalized spacial score (nSPS) is 17.0. The maximum absolute atomic E-state index is 13.4. The molecule has 3 heterocycles. The van der Waals surface area contributed by atoms with Crippen LogP contribution in [0.25, 0.3) is 10.9 Å². The van der Waals surface area contributed by atoms with Crippen LogP contribution in [-0.2, 0) is 24.2 Å². The van der Waals surface area contributed by atoms with Gasteiger partial charge in [0.15, 0.2) is 0 Å². The van der Waals surface area contributed by atoms with E-state index in [0.29, 0.717) is 42.3 Å². The van der Waals surface area contributed by atoms with E-state index in [0.717, 1.165) is 39.9 Å². The Kier molecular flexibility index (Phi) is 6.68. The number of aromatic amines is 1. The number of nitrogens with one attached hydrogen (secondary N) is 3. The highest BCUT2D eigenvalue weighted by molar-refractivity contribution is 7.14. The number of fused-ring (bicyclic) bond motifs is 3. The number of aromatic nitrogens is 2. The highest BCUT2D eigenvalue weighted by Crippen LogP contribution is 2.37. The second-order valence-electron chi connectivity index (χ2n) is 10.4. The fourth-order valence-electron chi connectivity index (χ4n) is 5.68. The van der Waals surface area contributed by atoms with Crippen molar-refractivity contribution in [1.29, 1.82) is 0 Å². The number of nitrogens with zero attached hydrogens (tertiary/aromatic N) is 2. The van der Waals surface area contributed by atoms with Crippen molar-refractivity contribution >= 4 is 45.6 Å². The number of thiophene rings is 1. The molecule has 3 N–H and O–H groups in total. The molecule has 2 aromatic carbocycles. The zero-order valence-electron chi connectivity index (χ0n) is 22.0. The number of H-pyrrole nitrogens is 1. The lowest BCUT2D eigenvalue weighted by Gasteiger charge is -2.30. The summed E-state index contributed by atoms with van der Waals surface area (Å²) in [5.74, 6) is 0.0270. The van der Waals surface area contributed by atoms with Gasteiger partial charge in [0.2, 0.25) is 5.91 Å². The van der Waals surface area contributed by atoms with Crippen LogP contribution in [0.4, 0.5) is 5.69 Å². The zero-order chi connectivity index (χ0) is 27.1. The van der Waals surface area contributed by atoms with Crippen LogP contribution in [0.15, 0.2) is 48.7 Å². The Morgan fingerprint density at radius 3 is 2.87 bits per heavy atom. The Morgan fingerprint density at radius 1 is 1.15 bits per heavy atom. The van der Waals surface area contributed by atoms with E-state index in [-0.39, 0.29) is 17.7 Å². The van der Waals surface area contributed by atoms with Gasteiger partial charge >= 0.3 is 0 Å². The minimum absolute atomic E-state index is 0.103. The summed E-state index contributed by atoms with van der Waals surface area (Å²) in [6.45, 7) is 5.12. The number of carbonyl (C=O) groups excluding carboxylic acids is 3. The van der Waals surface area contributed by atoms with Crippen molar-refractivity contribution < 1.29 is 14.4 Å². The van der Waals surface area contributed by atoms with Crippen molar-refractivity contribution in [3.63, 3.8) is 0 Å². The van der Waals surface area contributed by atoms with Gasteiger partial charge in [-0.05, 0) is 78.6 Å². The highest BCUT2D eigenvalue weighted by Gasteiger charge is 2.30. The van der Waals surface area contributed by atoms with Gasteiger partial charge in [-0.3, -0.25) is 19.5 Å². The molecule has 9 heteroatoms. The minimum atomic E-state index is -0.622. The average Bonchev–Trinajstić information content (AvgIpc) is 3.69. The SMILES string of the molecule is CC[C@@H](NC(=O)c1ccc2[nH]ncc2c1)C(=O)N1CCc2sc(C(=O)Nc3cccc4c3CCC4C)cc2C1. The van der Waals surface area contributed by atoms with Gasteiger partial charge in [-0.15, -0.1) is 11.3 Å². The van der Waals surface area contributed by atoms with Crippen molar-refractivity contribution in [1.82, 2.24) is 20.4 Å². The number of carbonyl (C=O) groups is 3. The van der Waals surface area contributed by atoms with Crippen LogP contribution in [0, 0.1) is 0 Å². The molecule has 0 fully saturated rings. The van der Waals surface area contributed by atoms with Crippen LogP contribution in [0.1, 0.15) is 74.2 Å². The largest absolute Gasteiger partial charge is 0.340 e. The van der Waals surface area contributed by atoms with Crippen LogP contribution >= 0.6 is 11.3 Å². The maximum atomic E-state index is 13.4. The Balaban J connectivity index is 1.12. The Morgan fingerprint density at radius 2 is 2.03 bits per heavy atom. The van der Waals surface area contributed by atoms with Crippen LogP contribution in [0.2, 0.25) is 0 Å². The number of anilines is 1. The molecule has 1 aliphatic heterocycles. The van der Waals surface area contributed by atoms with Crippen LogP contribution in [0.3, 0.4) is 0 Å². The third-order valence-corrected chi connectivity index (χ3v) is 9.17. The molecule has 1 unspecified atom stereocenters. The highest BCUT2D eigenvalue weighted by atomic mass is 32.1. The summed E-state index contributed by atoms with van der Waals surface area (Å²) in [4.78, 5) is 43.1. The third kappa shape index (κ3) is 4.83. The van der Waals surface area contributed by atoms with Crippen molar-refractivity contribution in [3.8, 4) is 0 Å². The van der Waals surface area contributed by atoms with E-state index in [1.807, 2.05) is 31.2 Å². The second-order valence-corrected chi connectivity index (χ2v) is 11.6. The van der Waals surface area contributed by atoms with Gasteiger partial charge in [0.25, 0.3) is 11.8 Å². The average molecular weight is 542 g/mol. The number of hydrogen-bond donors (Lipinski definition) is 3. The lowest BCUT2D eigenvalue weighted by molar-refractivity contribution is -0.134. The molecule has 200 valence electrons. The van der Waals surface area contributed by atoms with Crippen molar-refractivity contribution in [2.75, 3.05) is 11.9 Å². The molecule has 39 heavy (non-hydrogen) atoms. The summed E-state index contributed by atoms with van der Waals surface area (Å²) in [6.07, 6.45) is 4.94. The van der Waals surface area contributed by atoms with Gasteiger partial charge in [-0.25, -0.2) is 0 Å². The van der Waals surface area contributed by atoms with Gasteiger partial charge in [-0.1, -0.05) is 26.0 Å². The smallest absolute Gasteiger partial charge is 0.265 e. The van der Waals surface area contributed by atoms with Crippen LogP contribution < -0.4 is 10.6 Å². The second kappa shape index (κ2) is 10.3. The van der Waals surface area contributed by atoms with E-state index in [1.54, 1.807) is 23.2 Å². The Bertz CT molecular complexity index is 1590. The Labute approximate surface area is 230 Å². The number of amides is 3. The van der Waals surface area contributed by atoms with Crippen LogP contribution in [0.5, 0.6) is 0 Å². The molecule has 0 radical (unpaired) electrons. The van der Waals surface area contributed by atoms with Crippen molar-refractivity contribution in [2.24, 2.45) is 0 Å². The molecule has 2 aromatic heterocycles. The Hall–Kier alpha value is -3.98. The van der Waals surface area contributed by atoms with E-state index in [9.17, 15) is 14.4 Å². The first-order chi connectivity index (χ1) is 18.9. The van der Waals surface area contributed by atoms with Crippen molar-refractivity contribution in [3.05, 3.63) is 80.7 Å². The predicted molar refractivity (Wildman–Crippen MR) is 152 cm³/mol. The first-order valence-corrected chi connectivity index (χ1v) is 14.3.